The molecule has 0 saturated carbocycles. The molecule has 6 nitrogen and oxygen atoms in total. The van der Waals surface area contributed by atoms with Crippen LogP contribution < -0.4 is 4.74 Å². The van der Waals surface area contributed by atoms with Gasteiger partial charge in [-0.05, 0) is 35.9 Å². The summed E-state index contributed by atoms with van der Waals surface area (Å²) in [5, 5.41) is 3.86. The number of carbonyl (C=O) groups excluding carboxylic acids is 1. The van der Waals surface area contributed by atoms with Crippen molar-refractivity contribution in [3.63, 3.8) is 0 Å². The zero-order valence-electron chi connectivity index (χ0n) is 16.3. The molecule has 2 heterocycles. The average molecular weight is 435 g/mol. The van der Waals surface area contributed by atoms with Crippen LogP contribution in [0.5, 0.6) is 5.75 Å². The fraction of sp³-hybridized carbons (Fsp3) is 0.286. The van der Waals surface area contributed by atoms with Gasteiger partial charge in [-0.25, -0.2) is 4.39 Å². The molecule has 162 valence electrons. The quantitative estimate of drug-likeness (QED) is 0.555. The van der Waals surface area contributed by atoms with E-state index >= 15 is 0 Å². The molecule has 1 aliphatic heterocycles. The molecule has 0 N–H and O–H groups in total. The lowest BCUT2D eigenvalue weighted by Crippen LogP contribution is -2.24. The zero-order valence-corrected chi connectivity index (χ0v) is 16.3. The predicted molar refractivity (Wildman–Crippen MR) is 100 cm³/mol. The average Bonchev–Trinajstić information content (AvgIpc) is 3.35. The van der Waals surface area contributed by atoms with E-state index in [1.54, 1.807) is 6.07 Å². The van der Waals surface area contributed by atoms with Crippen molar-refractivity contribution in [2.75, 3.05) is 13.7 Å². The van der Waals surface area contributed by atoms with Gasteiger partial charge in [0.25, 0.3) is 0 Å². The Morgan fingerprint density at radius 1 is 1.19 bits per heavy atom. The first-order chi connectivity index (χ1) is 14.7. The second-order valence-electron chi connectivity index (χ2n) is 7.18. The first-order valence-corrected chi connectivity index (χ1v) is 9.36. The van der Waals surface area contributed by atoms with E-state index in [0.717, 1.165) is 12.1 Å². The molecule has 1 aromatic heterocycles. The Morgan fingerprint density at radius 3 is 2.58 bits per heavy atom. The number of rotatable bonds is 5. The van der Waals surface area contributed by atoms with Gasteiger partial charge in [-0.2, -0.15) is 18.2 Å². The van der Waals surface area contributed by atoms with Crippen molar-refractivity contribution >= 4 is 5.91 Å². The molecule has 1 amide bonds. The van der Waals surface area contributed by atoms with Crippen molar-refractivity contribution in [1.29, 1.82) is 0 Å². The van der Waals surface area contributed by atoms with Gasteiger partial charge in [0, 0.05) is 25.1 Å². The molecule has 1 unspecified atom stereocenters. The zero-order chi connectivity index (χ0) is 22.2. The Morgan fingerprint density at radius 2 is 1.94 bits per heavy atom. The van der Waals surface area contributed by atoms with E-state index in [9.17, 15) is 22.4 Å². The summed E-state index contributed by atoms with van der Waals surface area (Å²) in [5.41, 5.74) is 0.247. The number of halogens is 4. The minimum Gasteiger partial charge on any atom is -0.494 e. The highest BCUT2D eigenvalue weighted by atomic mass is 19.4. The number of likely N-dealkylation sites (tertiary alicyclic amines) is 1. The Hall–Kier alpha value is -3.43. The summed E-state index contributed by atoms with van der Waals surface area (Å²) >= 11 is 0. The van der Waals surface area contributed by atoms with Crippen LogP contribution in [-0.2, 0) is 17.5 Å². The van der Waals surface area contributed by atoms with Crippen LogP contribution in [-0.4, -0.2) is 34.6 Å². The number of benzene rings is 2. The first kappa shape index (κ1) is 20.8. The summed E-state index contributed by atoms with van der Waals surface area (Å²) in [6.07, 6.45) is -4.27. The fourth-order valence-corrected chi connectivity index (χ4v) is 3.43. The summed E-state index contributed by atoms with van der Waals surface area (Å²) < 4.78 is 62.2. The van der Waals surface area contributed by atoms with Crippen LogP contribution in [0.2, 0.25) is 0 Å². The first-order valence-electron chi connectivity index (χ1n) is 9.36. The summed E-state index contributed by atoms with van der Waals surface area (Å²) in [6.45, 7) is 0.469. The SMILES string of the molecule is COc1ccc(-c2noc(C3CC(=O)N(Cc4ccc(C(F)(F)F)cc4)C3)n2)cc1F. The molecule has 1 fully saturated rings. The Balaban J connectivity index is 1.44. The van der Waals surface area contributed by atoms with E-state index in [1.165, 1.54) is 36.3 Å². The topological polar surface area (TPSA) is 68.5 Å². The van der Waals surface area contributed by atoms with Crippen LogP contribution in [0.4, 0.5) is 17.6 Å². The van der Waals surface area contributed by atoms with Gasteiger partial charge in [0.1, 0.15) is 0 Å². The maximum absolute atomic E-state index is 13.9. The predicted octanol–water partition coefficient (Wildman–Crippen LogP) is 4.42. The Labute approximate surface area is 174 Å². The smallest absolute Gasteiger partial charge is 0.416 e. The van der Waals surface area contributed by atoms with Gasteiger partial charge in [-0.1, -0.05) is 17.3 Å². The van der Waals surface area contributed by atoms with Gasteiger partial charge < -0.3 is 14.2 Å². The number of aromatic nitrogens is 2. The number of ether oxygens (including phenoxy) is 1. The fourth-order valence-electron chi connectivity index (χ4n) is 3.43. The van der Waals surface area contributed by atoms with Crippen LogP contribution in [0.25, 0.3) is 11.4 Å². The van der Waals surface area contributed by atoms with Crippen LogP contribution >= 0.6 is 0 Å². The van der Waals surface area contributed by atoms with Gasteiger partial charge in [0.15, 0.2) is 11.6 Å². The number of hydrogen-bond acceptors (Lipinski definition) is 5. The van der Waals surface area contributed by atoms with E-state index in [1.807, 2.05) is 0 Å². The van der Waals surface area contributed by atoms with E-state index in [2.05, 4.69) is 10.1 Å². The van der Waals surface area contributed by atoms with Gasteiger partial charge in [-0.3, -0.25) is 4.79 Å². The third-order valence-electron chi connectivity index (χ3n) is 5.07. The lowest BCUT2D eigenvalue weighted by Gasteiger charge is -2.16. The molecule has 31 heavy (non-hydrogen) atoms. The minimum absolute atomic E-state index is 0.0905. The van der Waals surface area contributed by atoms with Crippen LogP contribution in [0.1, 0.15) is 29.4 Å². The van der Waals surface area contributed by atoms with Gasteiger partial charge in [0.05, 0.1) is 18.6 Å². The molecule has 4 rings (SSSR count). The molecule has 0 aliphatic carbocycles. The molecular weight excluding hydrogens is 418 g/mol. The van der Waals surface area contributed by atoms with Crippen molar-refractivity contribution < 1.29 is 31.6 Å². The van der Waals surface area contributed by atoms with Crippen LogP contribution in [0.3, 0.4) is 0 Å². The number of amides is 1. The van der Waals surface area contributed by atoms with Gasteiger partial charge in [-0.15, -0.1) is 0 Å². The van der Waals surface area contributed by atoms with E-state index < -0.39 is 17.6 Å². The number of carbonyl (C=O) groups is 1. The summed E-state index contributed by atoms with van der Waals surface area (Å²) in [6, 6.07) is 8.96. The number of nitrogens with zero attached hydrogens (tertiary/aromatic N) is 3. The molecule has 0 spiro atoms. The van der Waals surface area contributed by atoms with E-state index in [0.29, 0.717) is 17.7 Å². The molecule has 10 heteroatoms. The minimum atomic E-state index is -4.41. The monoisotopic (exact) mass is 435 g/mol. The van der Waals surface area contributed by atoms with E-state index in [-0.39, 0.29) is 42.3 Å². The maximum Gasteiger partial charge on any atom is 0.416 e. The van der Waals surface area contributed by atoms with Crippen molar-refractivity contribution in [2.24, 2.45) is 0 Å². The molecule has 1 atom stereocenters. The third-order valence-corrected chi connectivity index (χ3v) is 5.07. The Bertz CT molecular complexity index is 1100. The summed E-state index contributed by atoms with van der Waals surface area (Å²) in [4.78, 5) is 18.2. The van der Waals surface area contributed by atoms with Crippen molar-refractivity contribution in [1.82, 2.24) is 15.0 Å². The molecule has 1 saturated heterocycles. The van der Waals surface area contributed by atoms with Crippen LogP contribution in [0.15, 0.2) is 47.0 Å². The van der Waals surface area contributed by atoms with Crippen molar-refractivity contribution in [3.05, 3.63) is 65.3 Å². The van der Waals surface area contributed by atoms with Gasteiger partial charge >= 0.3 is 6.18 Å². The maximum atomic E-state index is 13.9. The highest BCUT2D eigenvalue weighted by Crippen LogP contribution is 2.32. The second-order valence-corrected chi connectivity index (χ2v) is 7.18. The van der Waals surface area contributed by atoms with E-state index in [4.69, 9.17) is 9.26 Å². The normalized spacial score (nSPS) is 16.7. The highest BCUT2D eigenvalue weighted by Gasteiger charge is 2.35. The third kappa shape index (κ3) is 4.37. The lowest BCUT2D eigenvalue weighted by molar-refractivity contribution is -0.137. The van der Waals surface area contributed by atoms with Gasteiger partial charge in [0.2, 0.25) is 17.6 Å². The van der Waals surface area contributed by atoms with Crippen molar-refractivity contribution in [3.8, 4) is 17.1 Å². The highest BCUT2D eigenvalue weighted by molar-refractivity contribution is 5.79. The van der Waals surface area contributed by atoms with Crippen molar-refractivity contribution in [2.45, 2.75) is 25.1 Å². The number of alkyl halides is 3. The second kappa shape index (κ2) is 8.01. The molecule has 0 bridgehead atoms. The molecule has 2 aromatic carbocycles. The standard InChI is InChI=1S/C21H17F4N3O3/c1-30-17-7-4-13(8-16(17)22)19-26-20(31-27-19)14-9-18(29)28(11-14)10-12-2-5-15(6-3-12)21(23,24)25/h2-8,14H,9-11H2,1H3. The lowest BCUT2D eigenvalue weighted by atomic mass is 10.1. The molecule has 3 aromatic rings. The van der Waals surface area contributed by atoms with Crippen LogP contribution in [0, 0.1) is 5.82 Å². The largest absolute Gasteiger partial charge is 0.494 e. The number of hydrogen-bond donors (Lipinski definition) is 0. The molecule has 0 radical (unpaired) electrons. The Kier molecular flexibility index (Phi) is 5.38. The molecule has 1 aliphatic rings. The summed E-state index contributed by atoms with van der Waals surface area (Å²) in [7, 11) is 1.36. The molecular formula is C21H17F4N3O3. The summed E-state index contributed by atoms with van der Waals surface area (Å²) in [5.74, 6) is -0.566. The number of methoxy groups -OCH3 is 1.